The van der Waals surface area contributed by atoms with Gasteiger partial charge in [0.05, 0.1) is 24.9 Å². The van der Waals surface area contributed by atoms with Crippen LogP contribution in [0, 0.1) is 5.82 Å². The Labute approximate surface area is 141 Å². The topological polar surface area (TPSA) is 27.7 Å². The van der Waals surface area contributed by atoms with Crippen molar-refractivity contribution in [3.05, 3.63) is 41.7 Å². The number of para-hydroxylation sites is 1. The first kappa shape index (κ1) is 16.4. The monoisotopic (exact) mass is 335 g/mol. The van der Waals surface area contributed by atoms with Crippen molar-refractivity contribution in [1.82, 2.24) is 9.80 Å². The van der Waals surface area contributed by atoms with E-state index in [1.165, 1.54) is 11.6 Å². The smallest absolute Gasteiger partial charge is 0.173 e. The van der Waals surface area contributed by atoms with E-state index in [1.807, 2.05) is 0 Å². The summed E-state index contributed by atoms with van der Waals surface area (Å²) in [5, 5.41) is 3.56. The van der Waals surface area contributed by atoms with E-state index in [2.05, 4.69) is 28.2 Å². The van der Waals surface area contributed by atoms with E-state index in [0.29, 0.717) is 24.0 Å². The number of halogens is 1. The van der Waals surface area contributed by atoms with Crippen LogP contribution in [-0.2, 0) is 4.74 Å². The maximum absolute atomic E-state index is 13.7. The van der Waals surface area contributed by atoms with Gasteiger partial charge in [0.1, 0.15) is 5.82 Å². The van der Waals surface area contributed by atoms with E-state index in [1.54, 1.807) is 18.2 Å². The summed E-state index contributed by atoms with van der Waals surface area (Å²) in [6.45, 7) is 4.09. The van der Waals surface area contributed by atoms with Gasteiger partial charge in [-0.1, -0.05) is 18.2 Å². The van der Waals surface area contributed by atoms with Crippen molar-refractivity contribution in [3.8, 4) is 0 Å². The molecule has 0 aliphatic carbocycles. The minimum Gasteiger partial charge on any atom is -0.370 e. The molecule has 0 bridgehead atoms. The Morgan fingerprint density at radius 1 is 1.35 bits per heavy atom. The minimum absolute atomic E-state index is 0.0619. The number of anilines is 1. The number of ether oxygens (including phenoxy) is 1. The van der Waals surface area contributed by atoms with Crippen molar-refractivity contribution in [2.75, 3.05) is 45.2 Å². The van der Waals surface area contributed by atoms with Crippen LogP contribution in [0.3, 0.4) is 0 Å². The number of rotatable bonds is 2. The molecule has 2 aliphatic heterocycles. The van der Waals surface area contributed by atoms with E-state index >= 15 is 0 Å². The lowest BCUT2D eigenvalue weighted by molar-refractivity contribution is 0.0122. The Kier molecular flexibility index (Phi) is 5.25. The average Bonchev–Trinajstić information content (AvgIpc) is 2.57. The third-order valence-corrected chi connectivity index (χ3v) is 4.61. The lowest BCUT2D eigenvalue weighted by Crippen LogP contribution is -2.49. The summed E-state index contributed by atoms with van der Waals surface area (Å²) in [5.41, 5.74) is 1.73. The fourth-order valence-electron chi connectivity index (χ4n) is 2.97. The van der Waals surface area contributed by atoms with Gasteiger partial charge in [-0.2, -0.15) is 0 Å². The van der Waals surface area contributed by atoms with Gasteiger partial charge in [-0.15, -0.1) is 0 Å². The predicted octanol–water partition coefficient (Wildman–Crippen LogP) is 2.49. The maximum Gasteiger partial charge on any atom is 0.173 e. The zero-order chi connectivity index (χ0) is 16.2. The van der Waals surface area contributed by atoms with Crippen molar-refractivity contribution in [2.45, 2.75) is 12.5 Å². The molecule has 2 aliphatic rings. The number of nitrogens with one attached hydrogen (secondary N) is 1. The fraction of sp³-hybridized carbons (Fsp3) is 0.471. The first-order chi connectivity index (χ1) is 11.1. The molecule has 0 radical (unpaired) electrons. The molecule has 6 heteroatoms. The van der Waals surface area contributed by atoms with Crippen molar-refractivity contribution in [3.63, 3.8) is 0 Å². The Morgan fingerprint density at radius 3 is 2.96 bits per heavy atom. The Hall–Kier alpha value is -1.50. The SMILES string of the molecule is CN1CCC=C(C2CN(C(=S)Nc3ccccc3F)CCO2)C1. The van der Waals surface area contributed by atoms with E-state index in [4.69, 9.17) is 17.0 Å². The van der Waals surface area contributed by atoms with Crippen molar-refractivity contribution in [1.29, 1.82) is 0 Å². The number of morpholine rings is 1. The second-order valence-corrected chi connectivity index (χ2v) is 6.41. The molecule has 0 spiro atoms. The van der Waals surface area contributed by atoms with Crippen LogP contribution in [0.4, 0.5) is 10.1 Å². The molecule has 0 aromatic heterocycles. The quantitative estimate of drug-likeness (QED) is 0.662. The van der Waals surface area contributed by atoms with E-state index < -0.39 is 0 Å². The Bertz CT molecular complexity index is 607. The molecule has 1 unspecified atom stereocenters. The van der Waals surface area contributed by atoms with Crippen molar-refractivity contribution >= 4 is 23.0 Å². The first-order valence-electron chi connectivity index (χ1n) is 7.93. The maximum atomic E-state index is 13.7. The third kappa shape index (κ3) is 4.07. The van der Waals surface area contributed by atoms with Crippen LogP contribution in [0.2, 0.25) is 0 Å². The molecule has 124 valence electrons. The molecule has 2 heterocycles. The highest BCUT2D eigenvalue weighted by molar-refractivity contribution is 7.80. The zero-order valence-corrected chi connectivity index (χ0v) is 14.1. The summed E-state index contributed by atoms with van der Waals surface area (Å²) >= 11 is 5.46. The summed E-state index contributed by atoms with van der Waals surface area (Å²) in [6, 6.07) is 6.58. The van der Waals surface area contributed by atoms with Gasteiger partial charge in [0, 0.05) is 19.6 Å². The lowest BCUT2D eigenvalue weighted by atomic mass is 10.0. The molecule has 4 nitrogen and oxygen atoms in total. The standard InChI is InChI=1S/C17H22FN3OS/c1-20-8-4-5-13(11-20)16-12-21(9-10-22-16)17(23)19-15-7-3-2-6-14(15)18/h2-3,5-7,16H,4,8-12H2,1H3,(H,19,23). The van der Waals surface area contributed by atoms with Crippen molar-refractivity contribution < 1.29 is 9.13 Å². The number of hydrogen-bond donors (Lipinski definition) is 1. The second kappa shape index (κ2) is 7.38. The number of thiocarbonyl (C=S) groups is 1. The number of hydrogen-bond acceptors (Lipinski definition) is 3. The van der Waals surface area contributed by atoms with Gasteiger partial charge in [-0.25, -0.2) is 4.39 Å². The molecule has 23 heavy (non-hydrogen) atoms. The summed E-state index contributed by atoms with van der Waals surface area (Å²) < 4.78 is 19.7. The van der Waals surface area contributed by atoms with Crippen molar-refractivity contribution in [2.24, 2.45) is 0 Å². The molecule has 3 rings (SSSR count). The molecule has 0 amide bonds. The highest BCUT2D eigenvalue weighted by atomic mass is 32.1. The molecular weight excluding hydrogens is 313 g/mol. The second-order valence-electron chi connectivity index (χ2n) is 6.02. The summed E-state index contributed by atoms with van der Waals surface area (Å²) in [6.07, 6.45) is 3.40. The van der Waals surface area contributed by atoms with E-state index in [-0.39, 0.29) is 11.9 Å². The summed E-state index contributed by atoms with van der Waals surface area (Å²) in [7, 11) is 2.12. The largest absolute Gasteiger partial charge is 0.370 e. The van der Waals surface area contributed by atoms with E-state index in [9.17, 15) is 4.39 Å². The van der Waals surface area contributed by atoms with Gasteiger partial charge in [0.15, 0.2) is 5.11 Å². The summed E-state index contributed by atoms with van der Waals surface area (Å²) in [5.74, 6) is -0.295. The van der Waals surface area contributed by atoms with Gasteiger partial charge in [0.2, 0.25) is 0 Å². The van der Waals surface area contributed by atoms with E-state index in [0.717, 1.165) is 26.1 Å². The van der Waals surface area contributed by atoms with Crippen LogP contribution in [0.1, 0.15) is 6.42 Å². The number of likely N-dealkylation sites (N-methyl/N-ethyl adjacent to an activating group) is 1. The molecule has 1 aromatic rings. The number of nitrogens with zero attached hydrogens (tertiary/aromatic N) is 2. The zero-order valence-electron chi connectivity index (χ0n) is 13.3. The molecule has 1 atom stereocenters. The molecular formula is C17H22FN3OS. The van der Waals surface area contributed by atoms with Crippen LogP contribution in [0.5, 0.6) is 0 Å². The van der Waals surface area contributed by atoms with Crippen LogP contribution in [-0.4, -0.2) is 60.8 Å². The highest BCUT2D eigenvalue weighted by Gasteiger charge is 2.27. The van der Waals surface area contributed by atoms with Crippen LogP contribution in [0.15, 0.2) is 35.9 Å². The molecule has 0 saturated carbocycles. The highest BCUT2D eigenvalue weighted by Crippen LogP contribution is 2.20. The average molecular weight is 335 g/mol. The van der Waals surface area contributed by atoms with Gasteiger partial charge >= 0.3 is 0 Å². The van der Waals surface area contributed by atoms with Gasteiger partial charge in [-0.3, -0.25) is 0 Å². The third-order valence-electron chi connectivity index (χ3n) is 4.25. The molecule has 1 fully saturated rings. The van der Waals surface area contributed by atoms with Crippen LogP contribution < -0.4 is 5.32 Å². The van der Waals surface area contributed by atoms with Crippen LogP contribution >= 0.6 is 12.2 Å². The number of benzene rings is 1. The first-order valence-corrected chi connectivity index (χ1v) is 8.34. The van der Waals surface area contributed by atoms with Crippen LogP contribution in [0.25, 0.3) is 0 Å². The van der Waals surface area contributed by atoms with Gasteiger partial charge < -0.3 is 19.9 Å². The Morgan fingerprint density at radius 2 is 2.17 bits per heavy atom. The minimum atomic E-state index is -0.295. The lowest BCUT2D eigenvalue weighted by Gasteiger charge is -2.37. The van der Waals surface area contributed by atoms with Gasteiger partial charge in [-0.05, 0) is 43.4 Å². The normalized spacial score (nSPS) is 22.6. The fourth-order valence-corrected chi connectivity index (χ4v) is 3.25. The molecule has 1 aromatic carbocycles. The summed E-state index contributed by atoms with van der Waals surface area (Å²) in [4.78, 5) is 4.36. The molecule has 1 saturated heterocycles. The Balaban J connectivity index is 1.63. The van der Waals surface area contributed by atoms with Gasteiger partial charge in [0.25, 0.3) is 0 Å². The molecule has 1 N–H and O–H groups in total. The predicted molar refractivity (Wildman–Crippen MR) is 94.1 cm³/mol.